The van der Waals surface area contributed by atoms with Gasteiger partial charge in [0, 0.05) is 18.0 Å². The van der Waals surface area contributed by atoms with E-state index in [9.17, 15) is 0 Å². The van der Waals surface area contributed by atoms with Crippen LogP contribution < -0.4 is 4.43 Å². The Bertz CT molecular complexity index is 690. The molecule has 0 N–H and O–H groups in total. The first-order valence-corrected chi connectivity index (χ1v) is 11.3. The molecule has 0 saturated heterocycles. The average Bonchev–Trinajstić information content (AvgIpc) is 2.46. The second kappa shape index (κ2) is 7.04. The van der Waals surface area contributed by atoms with Crippen molar-refractivity contribution in [2.24, 2.45) is 4.99 Å². The molecule has 23 heavy (non-hydrogen) atoms. The highest BCUT2D eigenvalue weighted by Gasteiger charge is 2.20. The van der Waals surface area contributed by atoms with E-state index in [0.717, 1.165) is 22.6 Å². The van der Waals surface area contributed by atoms with Gasteiger partial charge in [0.1, 0.15) is 5.75 Å². The number of hydrogen-bond donors (Lipinski definition) is 0. The molecule has 0 bridgehead atoms. The molecule has 0 aliphatic heterocycles. The summed E-state index contributed by atoms with van der Waals surface area (Å²) in [6.07, 6.45) is 3.63. The first-order valence-electron chi connectivity index (χ1n) is 7.87. The summed E-state index contributed by atoms with van der Waals surface area (Å²) >= 11 is 0. The molecule has 0 fully saturated rings. The molecule has 0 radical (unpaired) electrons. The fourth-order valence-electron chi connectivity index (χ4n) is 2.25. The van der Waals surface area contributed by atoms with Crippen molar-refractivity contribution < 1.29 is 4.43 Å². The molecule has 2 aromatic rings. The van der Waals surface area contributed by atoms with E-state index < -0.39 is 8.32 Å². The highest BCUT2D eigenvalue weighted by molar-refractivity contribution is 6.70. The Labute approximate surface area is 139 Å². The predicted molar refractivity (Wildman–Crippen MR) is 97.8 cm³/mol. The Morgan fingerprint density at radius 3 is 2.35 bits per heavy atom. The van der Waals surface area contributed by atoms with Gasteiger partial charge in [0.2, 0.25) is 8.32 Å². The maximum absolute atomic E-state index is 6.20. The molecule has 0 amide bonds. The lowest BCUT2D eigenvalue weighted by Gasteiger charge is -2.23. The highest BCUT2D eigenvalue weighted by Crippen LogP contribution is 2.29. The van der Waals surface area contributed by atoms with Crippen LogP contribution in [0.2, 0.25) is 19.6 Å². The van der Waals surface area contributed by atoms with E-state index in [1.54, 1.807) is 0 Å². The monoisotopic (exact) mass is 327 g/mol. The fraction of sp³-hybridized carbons (Fsp3) is 0.389. The minimum atomic E-state index is -1.66. The van der Waals surface area contributed by atoms with Gasteiger partial charge in [0.05, 0.1) is 11.8 Å². The standard InChI is InChI=1S/C18H25N3OSi/c1-13-11-19-18(20-12-13)15(3)21-14(2)16-9-7-8-10-17(16)22-23(4,5)6/h7-12,14H,1-6H3. The first kappa shape index (κ1) is 17.3. The fourth-order valence-corrected chi connectivity index (χ4v) is 3.09. The van der Waals surface area contributed by atoms with Crippen LogP contribution in [-0.4, -0.2) is 24.0 Å². The Hall–Kier alpha value is -2.01. The van der Waals surface area contributed by atoms with Gasteiger partial charge in [-0.05, 0) is 52.0 Å². The summed E-state index contributed by atoms with van der Waals surface area (Å²) in [7, 11) is -1.66. The van der Waals surface area contributed by atoms with Gasteiger partial charge in [0.25, 0.3) is 0 Å². The molecule has 122 valence electrons. The van der Waals surface area contributed by atoms with E-state index in [1.807, 2.05) is 44.4 Å². The van der Waals surface area contributed by atoms with Gasteiger partial charge in [-0.2, -0.15) is 0 Å². The van der Waals surface area contributed by atoms with Crippen molar-refractivity contribution in [2.45, 2.75) is 46.5 Å². The lowest BCUT2D eigenvalue weighted by atomic mass is 10.1. The summed E-state index contributed by atoms with van der Waals surface area (Å²) in [6, 6.07) is 8.12. The molecule has 1 atom stereocenters. The van der Waals surface area contributed by atoms with Crippen LogP contribution in [0.15, 0.2) is 41.7 Å². The molecule has 4 nitrogen and oxygen atoms in total. The summed E-state index contributed by atoms with van der Waals surface area (Å²) in [6.45, 7) is 12.5. The van der Waals surface area contributed by atoms with Crippen molar-refractivity contribution in [1.82, 2.24) is 9.97 Å². The Balaban J connectivity index is 2.28. The van der Waals surface area contributed by atoms with E-state index >= 15 is 0 Å². The number of para-hydroxylation sites is 1. The molecule has 1 aromatic heterocycles. The molecule has 1 heterocycles. The van der Waals surface area contributed by atoms with Crippen molar-refractivity contribution >= 4 is 14.0 Å². The van der Waals surface area contributed by atoms with Crippen LogP contribution in [0, 0.1) is 6.92 Å². The zero-order chi connectivity index (χ0) is 17.0. The van der Waals surface area contributed by atoms with Gasteiger partial charge in [-0.15, -0.1) is 0 Å². The quantitative estimate of drug-likeness (QED) is 0.597. The number of benzene rings is 1. The predicted octanol–water partition coefficient (Wildman–Crippen LogP) is 4.57. The van der Waals surface area contributed by atoms with E-state index in [1.165, 1.54) is 0 Å². The molecule has 0 aliphatic rings. The van der Waals surface area contributed by atoms with Gasteiger partial charge >= 0.3 is 0 Å². The van der Waals surface area contributed by atoms with E-state index in [-0.39, 0.29) is 6.04 Å². The second-order valence-corrected chi connectivity index (χ2v) is 11.2. The lowest BCUT2D eigenvalue weighted by Crippen LogP contribution is -2.29. The summed E-state index contributed by atoms with van der Waals surface area (Å²) in [5, 5.41) is 0. The smallest absolute Gasteiger partial charge is 0.242 e. The maximum atomic E-state index is 6.20. The van der Waals surface area contributed by atoms with Crippen LogP contribution in [-0.2, 0) is 0 Å². The molecule has 5 heteroatoms. The van der Waals surface area contributed by atoms with Crippen LogP contribution in [0.4, 0.5) is 0 Å². The van der Waals surface area contributed by atoms with Crippen LogP contribution in [0.5, 0.6) is 5.75 Å². The lowest BCUT2D eigenvalue weighted by molar-refractivity contribution is 0.542. The summed E-state index contributed by atoms with van der Waals surface area (Å²) in [5.41, 5.74) is 2.98. The number of aromatic nitrogens is 2. The van der Waals surface area contributed by atoms with Gasteiger partial charge in [0.15, 0.2) is 5.82 Å². The highest BCUT2D eigenvalue weighted by atomic mass is 28.4. The number of aryl methyl sites for hydroxylation is 1. The van der Waals surface area contributed by atoms with Crippen molar-refractivity contribution in [3.8, 4) is 5.75 Å². The van der Waals surface area contributed by atoms with Crippen molar-refractivity contribution in [2.75, 3.05) is 0 Å². The van der Waals surface area contributed by atoms with E-state index in [2.05, 4.69) is 42.6 Å². The normalized spacial score (nSPS) is 13.7. The SMILES string of the molecule is CC(=NC(C)c1ccccc1O[Si](C)(C)C)c1ncc(C)cn1. The molecule has 0 spiro atoms. The number of nitrogens with zero attached hydrogens (tertiary/aromatic N) is 3. The van der Waals surface area contributed by atoms with Crippen LogP contribution in [0.1, 0.15) is 36.8 Å². The second-order valence-electron chi connectivity index (χ2n) is 6.73. The van der Waals surface area contributed by atoms with Crippen LogP contribution >= 0.6 is 0 Å². The largest absolute Gasteiger partial charge is 0.544 e. The molecule has 1 unspecified atom stereocenters. The minimum Gasteiger partial charge on any atom is -0.544 e. The summed E-state index contributed by atoms with van der Waals surface area (Å²) < 4.78 is 6.20. The van der Waals surface area contributed by atoms with E-state index in [4.69, 9.17) is 9.42 Å². The molecular formula is C18H25N3OSi. The Kier molecular flexibility index (Phi) is 5.31. The van der Waals surface area contributed by atoms with Crippen LogP contribution in [0.3, 0.4) is 0 Å². The Morgan fingerprint density at radius 1 is 1.13 bits per heavy atom. The summed E-state index contributed by atoms with van der Waals surface area (Å²) in [5.74, 6) is 1.60. The van der Waals surface area contributed by atoms with Crippen molar-refractivity contribution in [3.63, 3.8) is 0 Å². The third-order valence-corrected chi connectivity index (χ3v) is 4.11. The number of rotatable bonds is 5. The van der Waals surface area contributed by atoms with Gasteiger partial charge < -0.3 is 4.43 Å². The van der Waals surface area contributed by atoms with Crippen molar-refractivity contribution in [3.05, 3.63) is 53.6 Å². The third kappa shape index (κ3) is 4.99. The third-order valence-electron chi connectivity index (χ3n) is 3.28. The maximum Gasteiger partial charge on any atom is 0.242 e. The molecule has 0 aliphatic carbocycles. The van der Waals surface area contributed by atoms with Crippen molar-refractivity contribution in [1.29, 1.82) is 0 Å². The first-order chi connectivity index (χ1) is 10.8. The average molecular weight is 328 g/mol. The topological polar surface area (TPSA) is 47.4 Å². The Morgan fingerprint density at radius 2 is 1.74 bits per heavy atom. The zero-order valence-electron chi connectivity index (χ0n) is 14.8. The van der Waals surface area contributed by atoms with Gasteiger partial charge in [-0.25, -0.2) is 9.97 Å². The zero-order valence-corrected chi connectivity index (χ0v) is 15.8. The molecule has 1 aromatic carbocycles. The molecule has 2 rings (SSSR count). The minimum absolute atomic E-state index is 0.00699. The molecular weight excluding hydrogens is 302 g/mol. The number of aliphatic imine (C=N–C) groups is 1. The van der Waals surface area contributed by atoms with Crippen LogP contribution in [0.25, 0.3) is 0 Å². The number of hydrogen-bond acceptors (Lipinski definition) is 4. The molecule has 0 saturated carbocycles. The van der Waals surface area contributed by atoms with E-state index in [0.29, 0.717) is 5.82 Å². The van der Waals surface area contributed by atoms with Gasteiger partial charge in [-0.1, -0.05) is 18.2 Å². The van der Waals surface area contributed by atoms with Gasteiger partial charge in [-0.3, -0.25) is 4.99 Å². The summed E-state index contributed by atoms with van der Waals surface area (Å²) in [4.78, 5) is 13.4.